The number of rotatable bonds is 5. The first-order valence-electron chi connectivity index (χ1n) is 12.2. The number of halogens is 1. The van der Waals surface area contributed by atoms with Crippen LogP contribution in [0.15, 0.2) is 34.4 Å². The molecule has 0 unspecified atom stereocenters. The van der Waals surface area contributed by atoms with E-state index in [2.05, 4.69) is 10.4 Å². The Balaban J connectivity index is 1.44. The number of nitrogens with one attached hydrogen (secondary N) is 1. The largest absolute Gasteiger partial charge is 0.461 e. The number of fused-ring (bicyclic) bond motifs is 1. The van der Waals surface area contributed by atoms with Crippen LogP contribution in [0.1, 0.15) is 55.9 Å². The molecule has 0 aliphatic heterocycles. The molecule has 0 spiro atoms. The zero-order chi connectivity index (χ0) is 24.3. The molecule has 4 fully saturated rings. The first-order valence-corrected chi connectivity index (χ1v) is 13.0. The van der Waals surface area contributed by atoms with Crippen molar-refractivity contribution in [1.82, 2.24) is 9.78 Å². The van der Waals surface area contributed by atoms with Crippen LogP contribution in [-0.4, -0.2) is 28.3 Å². The highest BCUT2D eigenvalue weighted by Gasteiger charge is 2.54. The summed E-state index contributed by atoms with van der Waals surface area (Å²) >= 11 is 1.21. The molecular formula is C26H26FN3O4S. The Morgan fingerprint density at radius 1 is 1.14 bits per heavy atom. The topological polar surface area (TPSA) is 90.3 Å². The number of anilines is 1. The summed E-state index contributed by atoms with van der Waals surface area (Å²) in [5, 5.41) is 9.98. The van der Waals surface area contributed by atoms with E-state index in [0.717, 1.165) is 23.9 Å². The summed E-state index contributed by atoms with van der Waals surface area (Å²) in [6.07, 6.45) is 6.40. The number of esters is 1. The van der Waals surface area contributed by atoms with Crippen LogP contribution in [0.2, 0.25) is 0 Å². The van der Waals surface area contributed by atoms with Gasteiger partial charge < -0.3 is 10.1 Å². The van der Waals surface area contributed by atoms with Gasteiger partial charge in [0.15, 0.2) is 5.69 Å². The lowest BCUT2D eigenvalue weighted by molar-refractivity contribution is -0.140. The molecule has 4 aliphatic carbocycles. The van der Waals surface area contributed by atoms with Crippen LogP contribution >= 0.6 is 11.3 Å². The van der Waals surface area contributed by atoms with Crippen LogP contribution in [0.5, 0.6) is 0 Å². The Hall–Kier alpha value is -3.07. The lowest BCUT2D eigenvalue weighted by atomic mass is 9.49. The molecule has 7 rings (SSSR count). The second-order valence-corrected chi connectivity index (χ2v) is 11.1. The summed E-state index contributed by atoms with van der Waals surface area (Å²) in [7, 11) is 0. The second-order valence-electron chi connectivity index (χ2n) is 10.3. The molecule has 1 N–H and O–H groups in total. The van der Waals surface area contributed by atoms with Gasteiger partial charge in [-0.05, 0) is 87.5 Å². The third-order valence-electron chi connectivity index (χ3n) is 7.94. The number of carbonyl (C=O) groups excluding carboxylic acids is 2. The summed E-state index contributed by atoms with van der Waals surface area (Å²) in [5.41, 5.74) is -0.564. The van der Waals surface area contributed by atoms with Gasteiger partial charge in [-0.15, -0.1) is 11.3 Å². The Bertz CT molecular complexity index is 1360. The van der Waals surface area contributed by atoms with Crippen molar-refractivity contribution in [2.24, 2.45) is 23.2 Å². The van der Waals surface area contributed by atoms with Crippen LogP contribution in [0.4, 0.5) is 9.39 Å². The molecule has 0 atom stereocenters. The van der Waals surface area contributed by atoms with Crippen molar-refractivity contribution in [3.8, 4) is 5.69 Å². The SMILES string of the molecule is CCOC(=O)c1nn(-c2ccc(F)cc2)c(=O)c2c(NC(=O)C34CC5CC(CC(C5)C3)C4)scc12. The van der Waals surface area contributed by atoms with Gasteiger partial charge in [0.2, 0.25) is 5.91 Å². The van der Waals surface area contributed by atoms with Gasteiger partial charge in [0.25, 0.3) is 5.56 Å². The monoisotopic (exact) mass is 495 g/mol. The smallest absolute Gasteiger partial charge is 0.359 e. The van der Waals surface area contributed by atoms with Gasteiger partial charge in [0.1, 0.15) is 10.8 Å². The summed E-state index contributed by atoms with van der Waals surface area (Å²) in [6.45, 7) is 1.84. The molecule has 182 valence electrons. The van der Waals surface area contributed by atoms with E-state index in [9.17, 15) is 18.8 Å². The van der Waals surface area contributed by atoms with E-state index in [4.69, 9.17) is 4.74 Å². The number of hydrogen-bond donors (Lipinski definition) is 1. The first-order chi connectivity index (χ1) is 16.9. The fraction of sp³-hybridized carbons (Fsp3) is 0.462. The minimum atomic E-state index is -0.662. The van der Waals surface area contributed by atoms with Gasteiger partial charge in [0, 0.05) is 10.8 Å². The third-order valence-corrected chi connectivity index (χ3v) is 8.83. The van der Waals surface area contributed by atoms with E-state index >= 15 is 0 Å². The van der Waals surface area contributed by atoms with Crippen molar-refractivity contribution in [2.75, 3.05) is 11.9 Å². The van der Waals surface area contributed by atoms with E-state index < -0.39 is 17.3 Å². The lowest BCUT2D eigenvalue weighted by Crippen LogP contribution is -2.51. The van der Waals surface area contributed by atoms with Crippen LogP contribution in [0, 0.1) is 29.0 Å². The Labute approximate surface area is 205 Å². The Morgan fingerprint density at radius 2 is 1.77 bits per heavy atom. The number of thiophene rings is 1. The molecule has 3 aromatic rings. The maximum Gasteiger partial charge on any atom is 0.359 e. The third kappa shape index (κ3) is 3.67. The fourth-order valence-corrected chi connectivity index (χ4v) is 7.81. The summed E-state index contributed by atoms with van der Waals surface area (Å²) in [5.74, 6) is 0.701. The number of nitrogens with zero attached hydrogens (tertiary/aromatic N) is 2. The molecule has 1 aromatic carbocycles. The molecule has 7 nitrogen and oxygen atoms in total. The van der Waals surface area contributed by atoms with Gasteiger partial charge in [0.05, 0.1) is 23.1 Å². The average Bonchev–Trinajstić information content (AvgIpc) is 3.23. The molecule has 9 heteroatoms. The predicted octanol–water partition coefficient (Wildman–Crippen LogP) is 4.92. The number of amides is 1. The van der Waals surface area contributed by atoms with Gasteiger partial charge >= 0.3 is 5.97 Å². The highest BCUT2D eigenvalue weighted by atomic mass is 32.1. The number of hydrogen-bond acceptors (Lipinski definition) is 6. The van der Waals surface area contributed by atoms with E-state index in [0.29, 0.717) is 33.8 Å². The molecule has 35 heavy (non-hydrogen) atoms. The maximum atomic E-state index is 13.7. The zero-order valence-corrected chi connectivity index (χ0v) is 20.2. The van der Waals surface area contributed by atoms with Gasteiger partial charge in [-0.1, -0.05) is 0 Å². The molecule has 4 aliphatic rings. The van der Waals surface area contributed by atoms with Crippen molar-refractivity contribution in [3.05, 3.63) is 51.5 Å². The summed E-state index contributed by atoms with van der Waals surface area (Å²) in [4.78, 5) is 40.0. The molecule has 2 heterocycles. The predicted molar refractivity (Wildman–Crippen MR) is 130 cm³/mol. The van der Waals surface area contributed by atoms with Crippen molar-refractivity contribution in [1.29, 1.82) is 0 Å². The van der Waals surface area contributed by atoms with Gasteiger partial charge in [-0.3, -0.25) is 9.59 Å². The maximum absolute atomic E-state index is 13.7. The minimum Gasteiger partial charge on any atom is -0.461 e. The quantitative estimate of drug-likeness (QED) is 0.508. The van der Waals surface area contributed by atoms with Gasteiger partial charge in [-0.25, -0.2) is 9.18 Å². The molecule has 1 amide bonds. The highest BCUT2D eigenvalue weighted by molar-refractivity contribution is 7.16. The Morgan fingerprint density at radius 3 is 2.37 bits per heavy atom. The Kier molecular flexibility index (Phi) is 5.28. The molecule has 4 saturated carbocycles. The number of benzene rings is 1. The van der Waals surface area contributed by atoms with Crippen LogP contribution in [0.3, 0.4) is 0 Å². The van der Waals surface area contributed by atoms with Crippen LogP contribution in [-0.2, 0) is 9.53 Å². The van der Waals surface area contributed by atoms with E-state index in [1.54, 1.807) is 12.3 Å². The second kappa shape index (κ2) is 8.26. The number of aromatic nitrogens is 2. The number of ether oxygens (including phenoxy) is 1. The van der Waals surface area contributed by atoms with Crippen molar-refractivity contribution in [3.63, 3.8) is 0 Å². The highest BCUT2D eigenvalue weighted by Crippen LogP contribution is 2.60. The van der Waals surface area contributed by atoms with Crippen molar-refractivity contribution < 1.29 is 18.7 Å². The summed E-state index contributed by atoms with van der Waals surface area (Å²) < 4.78 is 19.8. The summed E-state index contributed by atoms with van der Waals surface area (Å²) in [6, 6.07) is 5.29. The molecule has 2 aromatic heterocycles. The van der Waals surface area contributed by atoms with Crippen LogP contribution < -0.4 is 10.9 Å². The molecule has 0 saturated heterocycles. The average molecular weight is 496 g/mol. The number of carbonyl (C=O) groups is 2. The first kappa shape index (κ1) is 22.4. The van der Waals surface area contributed by atoms with Crippen molar-refractivity contribution in [2.45, 2.75) is 45.4 Å². The van der Waals surface area contributed by atoms with E-state index in [1.807, 2.05) is 0 Å². The van der Waals surface area contributed by atoms with E-state index in [1.165, 1.54) is 54.9 Å². The fourth-order valence-electron chi connectivity index (χ4n) is 6.87. The molecule has 0 radical (unpaired) electrons. The molecule has 4 bridgehead atoms. The lowest BCUT2D eigenvalue weighted by Gasteiger charge is -2.55. The standard InChI is InChI=1S/C26H26FN3O4S/c1-2-34-24(32)21-19-13-35-22(20(19)23(31)30(29-21)18-5-3-17(27)4-6-18)28-25(33)26-10-14-7-15(11-26)9-16(8-14)12-26/h3-6,13-16H,2,7-12H2,1H3,(H,28,33). The van der Waals surface area contributed by atoms with Crippen molar-refractivity contribution >= 4 is 39.0 Å². The van der Waals surface area contributed by atoms with Gasteiger partial charge in [-0.2, -0.15) is 9.78 Å². The van der Waals surface area contributed by atoms with E-state index in [-0.39, 0.29) is 29.0 Å². The minimum absolute atomic E-state index is 0.0164. The van der Waals surface area contributed by atoms with Crippen LogP contribution in [0.25, 0.3) is 16.5 Å². The molecular weight excluding hydrogens is 469 g/mol. The zero-order valence-electron chi connectivity index (χ0n) is 19.4. The normalized spacial score (nSPS) is 26.7.